The quantitative estimate of drug-likeness (QED) is 0.776. The lowest BCUT2D eigenvalue weighted by molar-refractivity contribution is -0.124. The van der Waals surface area contributed by atoms with E-state index < -0.39 is 6.10 Å². The predicted octanol–water partition coefficient (Wildman–Crippen LogP) is 0.946. The molecule has 0 aliphatic rings. The number of nitrogens with one attached hydrogen (secondary N) is 1. The first-order valence-electron chi connectivity index (χ1n) is 4.60. The minimum atomic E-state index is -0.497. The Balaban J connectivity index is 2.77. The van der Waals surface area contributed by atoms with Gasteiger partial charge in [-0.05, 0) is 25.5 Å². The molecule has 0 saturated heterocycles. The summed E-state index contributed by atoms with van der Waals surface area (Å²) in [6.07, 6.45) is 1.00. The third-order valence-electron chi connectivity index (χ3n) is 2.06. The average molecular weight is 209 g/mol. The van der Waals surface area contributed by atoms with Gasteiger partial charge in [0.2, 0.25) is 0 Å². The van der Waals surface area contributed by atoms with Crippen molar-refractivity contribution in [2.45, 2.75) is 20.0 Å². The molecule has 5 nitrogen and oxygen atoms in total. The van der Waals surface area contributed by atoms with Gasteiger partial charge in [0.15, 0.2) is 0 Å². The highest BCUT2D eigenvalue weighted by atomic mass is 16.5. The van der Waals surface area contributed by atoms with Gasteiger partial charge < -0.3 is 15.8 Å². The van der Waals surface area contributed by atoms with Gasteiger partial charge in [-0.3, -0.25) is 4.79 Å². The Bertz CT molecular complexity index is 366. The molecule has 1 aromatic heterocycles. The normalized spacial score (nSPS) is 12.2. The van der Waals surface area contributed by atoms with E-state index >= 15 is 0 Å². The van der Waals surface area contributed by atoms with E-state index in [2.05, 4.69) is 10.3 Å². The Kier molecular flexibility index (Phi) is 3.62. The number of hydrogen-bond acceptors (Lipinski definition) is 4. The number of aromatic nitrogens is 1. The van der Waals surface area contributed by atoms with Gasteiger partial charge in [-0.1, -0.05) is 0 Å². The Morgan fingerprint density at radius 3 is 2.87 bits per heavy atom. The minimum Gasteiger partial charge on any atom is -0.397 e. The molecule has 0 fully saturated rings. The first-order valence-corrected chi connectivity index (χ1v) is 4.60. The molecular weight excluding hydrogens is 194 g/mol. The number of carbonyl (C=O) groups is 1. The van der Waals surface area contributed by atoms with Gasteiger partial charge in [0.25, 0.3) is 5.91 Å². The van der Waals surface area contributed by atoms with Crippen molar-refractivity contribution in [1.82, 2.24) is 4.98 Å². The maximum Gasteiger partial charge on any atom is 0.254 e. The van der Waals surface area contributed by atoms with Crippen molar-refractivity contribution in [2.24, 2.45) is 0 Å². The predicted molar refractivity (Wildman–Crippen MR) is 58.5 cm³/mol. The fraction of sp³-hybridized carbons (Fsp3) is 0.400. The van der Waals surface area contributed by atoms with Crippen LogP contribution in [0.4, 0.5) is 11.5 Å². The van der Waals surface area contributed by atoms with Crippen LogP contribution < -0.4 is 11.1 Å². The fourth-order valence-corrected chi connectivity index (χ4v) is 1.05. The number of nitrogen functional groups attached to an aromatic ring is 1. The second kappa shape index (κ2) is 4.75. The topological polar surface area (TPSA) is 77.2 Å². The lowest BCUT2D eigenvalue weighted by atomic mass is 10.2. The number of amides is 1. The molecule has 1 atom stereocenters. The number of ether oxygens (including phenoxy) is 1. The zero-order chi connectivity index (χ0) is 11.4. The summed E-state index contributed by atoms with van der Waals surface area (Å²) in [6, 6.07) is 1.75. The molecule has 1 amide bonds. The van der Waals surface area contributed by atoms with E-state index in [0.29, 0.717) is 11.5 Å². The van der Waals surface area contributed by atoms with E-state index in [0.717, 1.165) is 5.56 Å². The Morgan fingerprint density at radius 2 is 2.33 bits per heavy atom. The van der Waals surface area contributed by atoms with Crippen LogP contribution in [0, 0.1) is 6.92 Å². The van der Waals surface area contributed by atoms with Crippen molar-refractivity contribution in [3.8, 4) is 0 Å². The van der Waals surface area contributed by atoms with Gasteiger partial charge >= 0.3 is 0 Å². The lowest BCUT2D eigenvalue weighted by Crippen LogP contribution is -2.27. The molecule has 1 unspecified atom stereocenters. The summed E-state index contributed by atoms with van der Waals surface area (Å²) in [5, 5.41) is 2.66. The molecule has 0 radical (unpaired) electrons. The number of hydrogen-bond donors (Lipinski definition) is 2. The zero-order valence-corrected chi connectivity index (χ0v) is 9.07. The lowest BCUT2D eigenvalue weighted by Gasteiger charge is -2.11. The second-order valence-corrected chi connectivity index (χ2v) is 3.30. The van der Waals surface area contributed by atoms with Crippen molar-refractivity contribution in [3.63, 3.8) is 0 Å². The standard InChI is InChI=1S/C10H15N3O2/c1-6-4-8(11)5-12-9(6)13-10(14)7(2)15-3/h4-5,7H,11H2,1-3H3,(H,12,13,14). The average Bonchev–Trinajstić information content (AvgIpc) is 2.20. The molecule has 0 spiro atoms. The first kappa shape index (κ1) is 11.5. The summed E-state index contributed by atoms with van der Waals surface area (Å²) in [6.45, 7) is 3.50. The zero-order valence-electron chi connectivity index (χ0n) is 9.07. The van der Waals surface area contributed by atoms with Crippen LogP contribution in [0.15, 0.2) is 12.3 Å². The smallest absolute Gasteiger partial charge is 0.254 e. The summed E-state index contributed by atoms with van der Waals surface area (Å²) < 4.78 is 4.88. The van der Waals surface area contributed by atoms with Crippen LogP contribution in [0.5, 0.6) is 0 Å². The molecule has 3 N–H and O–H groups in total. The van der Waals surface area contributed by atoms with Crippen LogP contribution >= 0.6 is 0 Å². The number of nitrogens with two attached hydrogens (primary N) is 1. The van der Waals surface area contributed by atoms with Gasteiger partial charge in [0.1, 0.15) is 11.9 Å². The van der Waals surface area contributed by atoms with Crippen molar-refractivity contribution < 1.29 is 9.53 Å². The SMILES string of the molecule is COC(C)C(=O)Nc1ncc(N)cc1C. The summed E-state index contributed by atoms with van der Waals surface area (Å²) in [5.41, 5.74) is 6.94. The molecule has 0 aliphatic carbocycles. The van der Waals surface area contributed by atoms with Crippen LogP contribution in [-0.2, 0) is 9.53 Å². The molecule has 1 rings (SSSR count). The largest absolute Gasteiger partial charge is 0.397 e. The minimum absolute atomic E-state index is 0.224. The van der Waals surface area contributed by atoms with Crippen LogP contribution in [-0.4, -0.2) is 24.1 Å². The van der Waals surface area contributed by atoms with Crippen LogP contribution in [0.3, 0.4) is 0 Å². The van der Waals surface area contributed by atoms with Gasteiger partial charge in [0.05, 0.1) is 11.9 Å². The summed E-state index contributed by atoms with van der Waals surface area (Å²) in [5.74, 6) is 0.288. The first-order chi connectivity index (χ1) is 7.04. The number of carbonyl (C=O) groups excluding carboxylic acids is 1. The molecule has 5 heteroatoms. The number of rotatable bonds is 3. The van der Waals surface area contributed by atoms with Crippen molar-refractivity contribution in [3.05, 3.63) is 17.8 Å². The highest BCUT2D eigenvalue weighted by Gasteiger charge is 2.13. The number of nitrogens with zero attached hydrogens (tertiary/aromatic N) is 1. The number of aryl methyl sites for hydroxylation is 1. The van der Waals surface area contributed by atoms with Gasteiger partial charge in [0, 0.05) is 7.11 Å². The van der Waals surface area contributed by atoms with Crippen LogP contribution in [0.1, 0.15) is 12.5 Å². The van der Waals surface area contributed by atoms with Crippen molar-refractivity contribution >= 4 is 17.4 Å². The Morgan fingerprint density at radius 1 is 1.67 bits per heavy atom. The molecule has 15 heavy (non-hydrogen) atoms. The summed E-state index contributed by atoms with van der Waals surface area (Å²) >= 11 is 0. The molecule has 1 heterocycles. The van der Waals surface area contributed by atoms with Crippen LogP contribution in [0.2, 0.25) is 0 Å². The molecular formula is C10H15N3O2. The maximum absolute atomic E-state index is 11.5. The van der Waals surface area contributed by atoms with Crippen molar-refractivity contribution in [2.75, 3.05) is 18.2 Å². The highest BCUT2D eigenvalue weighted by molar-refractivity contribution is 5.93. The molecule has 0 saturated carbocycles. The van der Waals surface area contributed by atoms with Crippen molar-refractivity contribution in [1.29, 1.82) is 0 Å². The van der Waals surface area contributed by atoms with Gasteiger partial charge in [-0.2, -0.15) is 0 Å². The third kappa shape index (κ3) is 2.92. The molecule has 1 aromatic rings. The number of anilines is 2. The fourth-order valence-electron chi connectivity index (χ4n) is 1.05. The van der Waals surface area contributed by atoms with Gasteiger partial charge in [-0.25, -0.2) is 4.98 Å². The monoisotopic (exact) mass is 209 g/mol. The van der Waals surface area contributed by atoms with E-state index in [1.54, 1.807) is 13.0 Å². The van der Waals surface area contributed by atoms with E-state index in [1.807, 2.05) is 6.92 Å². The van der Waals surface area contributed by atoms with Gasteiger partial charge in [-0.15, -0.1) is 0 Å². The second-order valence-electron chi connectivity index (χ2n) is 3.30. The van der Waals surface area contributed by atoms with E-state index in [-0.39, 0.29) is 5.91 Å². The van der Waals surface area contributed by atoms with E-state index in [9.17, 15) is 4.79 Å². The maximum atomic E-state index is 11.5. The van der Waals surface area contributed by atoms with E-state index in [4.69, 9.17) is 10.5 Å². The Labute approximate surface area is 88.6 Å². The Hall–Kier alpha value is -1.62. The summed E-state index contributed by atoms with van der Waals surface area (Å²) in [7, 11) is 1.48. The molecule has 0 aromatic carbocycles. The highest BCUT2D eigenvalue weighted by Crippen LogP contribution is 2.14. The van der Waals surface area contributed by atoms with E-state index in [1.165, 1.54) is 13.3 Å². The molecule has 0 bridgehead atoms. The number of methoxy groups -OCH3 is 1. The third-order valence-corrected chi connectivity index (χ3v) is 2.06. The molecule has 0 aliphatic heterocycles. The summed E-state index contributed by atoms with van der Waals surface area (Å²) in [4.78, 5) is 15.5. The van der Waals surface area contributed by atoms with Crippen LogP contribution in [0.25, 0.3) is 0 Å². The number of pyridine rings is 1. The molecule has 82 valence electrons.